The maximum absolute atomic E-state index is 12.0. The Morgan fingerprint density at radius 2 is 1.81 bits per heavy atom. The second-order valence-electron chi connectivity index (χ2n) is 5.74. The minimum Gasteiger partial charge on any atom is -0.493 e. The molecule has 0 bridgehead atoms. The van der Waals surface area contributed by atoms with E-state index in [2.05, 4.69) is 45.6 Å². The lowest BCUT2D eigenvalue weighted by Crippen LogP contribution is -2.37. The largest absolute Gasteiger partial charge is 0.493 e. The number of methoxy groups -OCH3 is 1. The molecule has 2 rings (SSSR count). The minimum atomic E-state index is -0.0517. The average molecular weight is 421 g/mol. The summed E-state index contributed by atoms with van der Waals surface area (Å²) in [6.07, 6.45) is 0.909. The predicted molar refractivity (Wildman–Crippen MR) is 107 cm³/mol. The molecule has 1 amide bonds. The van der Waals surface area contributed by atoms with Gasteiger partial charge >= 0.3 is 0 Å². The molecule has 2 aromatic carbocycles. The Morgan fingerprint density at radius 1 is 1.12 bits per heavy atom. The Bertz CT molecular complexity index is 692. The number of nitrogens with one attached hydrogen (secondary N) is 2. The van der Waals surface area contributed by atoms with Gasteiger partial charge in [0.15, 0.2) is 11.5 Å². The SMILES string of the molecule is CC[C@H](NCC(=O)NCCOc1ccccc1OC)c1ccc(Br)cc1. The van der Waals surface area contributed by atoms with Gasteiger partial charge in [0.05, 0.1) is 20.2 Å². The number of para-hydroxylation sites is 2. The van der Waals surface area contributed by atoms with Crippen LogP contribution in [0.15, 0.2) is 53.0 Å². The maximum Gasteiger partial charge on any atom is 0.234 e. The van der Waals surface area contributed by atoms with Gasteiger partial charge in [-0.2, -0.15) is 0 Å². The van der Waals surface area contributed by atoms with E-state index in [1.54, 1.807) is 7.11 Å². The van der Waals surface area contributed by atoms with Crippen LogP contribution < -0.4 is 20.1 Å². The summed E-state index contributed by atoms with van der Waals surface area (Å²) in [4.78, 5) is 12.0. The lowest BCUT2D eigenvalue weighted by molar-refractivity contribution is -0.120. The quantitative estimate of drug-likeness (QED) is 0.575. The van der Waals surface area contributed by atoms with E-state index in [9.17, 15) is 4.79 Å². The molecular formula is C20H25BrN2O3. The van der Waals surface area contributed by atoms with Crippen molar-refractivity contribution in [2.75, 3.05) is 26.8 Å². The van der Waals surface area contributed by atoms with E-state index >= 15 is 0 Å². The van der Waals surface area contributed by atoms with Crippen LogP contribution >= 0.6 is 15.9 Å². The second kappa shape index (κ2) is 10.8. The van der Waals surface area contributed by atoms with Crippen LogP contribution in [0.2, 0.25) is 0 Å². The highest BCUT2D eigenvalue weighted by molar-refractivity contribution is 9.10. The van der Waals surface area contributed by atoms with Crippen LogP contribution in [0.5, 0.6) is 11.5 Å². The third-order valence-electron chi connectivity index (χ3n) is 3.94. The highest BCUT2D eigenvalue weighted by Gasteiger charge is 2.10. The fourth-order valence-electron chi connectivity index (χ4n) is 2.56. The highest BCUT2D eigenvalue weighted by Crippen LogP contribution is 2.25. The molecule has 140 valence electrons. The summed E-state index contributed by atoms with van der Waals surface area (Å²) in [5, 5.41) is 6.15. The molecule has 26 heavy (non-hydrogen) atoms. The zero-order chi connectivity index (χ0) is 18.8. The van der Waals surface area contributed by atoms with E-state index in [0.29, 0.717) is 24.7 Å². The highest BCUT2D eigenvalue weighted by atomic mass is 79.9. The summed E-state index contributed by atoms with van der Waals surface area (Å²) in [5.41, 5.74) is 1.17. The van der Waals surface area contributed by atoms with Crippen molar-refractivity contribution < 1.29 is 14.3 Å². The van der Waals surface area contributed by atoms with Gasteiger partial charge in [-0.15, -0.1) is 0 Å². The maximum atomic E-state index is 12.0. The molecule has 0 saturated carbocycles. The number of halogens is 1. The van der Waals surface area contributed by atoms with Crippen molar-refractivity contribution in [1.29, 1.82) is 0 Å². The Balaban J connectivity index is 1.70. The van der Waals surface area contributed by atoms with Crippen LogP contribution in [0.1, 0.15) is 24.9 Å². The van der Waals surface area contributed by atoms with Crippen LogP contribution in [-0.2, 0) is 4.79 Å². The van der Waals surface area contributed by atoms with Crippen molar-refractivity contribution >= 4 is 21.8 Å². The van der Waals surface area contributed by atoms with Gasteiger partial charge in [-0.1, -0.05) is 47.1 Å². The summed E-state index contributed by atoms with van der Waals surface area (Å²) >= 11 is 3.44. The fraction of sp³-hybridized carbons (Fsp3) is 0.350. The van der Waals surface area contributed by atoms with E-state index in [0.717, 1.165) is 10.9 Å². The van der Waals surface area contributed by atoms with E-state index in [-0.39, 0.29) is 18.5 Å². The number of benzene rings is 2. The van der Waals surface area contributed by atoms with Crippen molar-refractivity contribution in [3.05, 3.63) is 58.6 Å². The third kappa shape index (κ3) is 6.35. The lowest BCUT2D eigenvalue weighted by atomic mass is 10.0. The molecule has 0 radical (unpaired) electrons. The fourth-order valence-corrected chi connectivity index (χ4v) is 2.83. The minimum absolute atomic E-state index is 0.0517. The van der Waals surface area contributed by atoms with Gasteiger partial charge in [0, 0.05) is 10.5 Å². The first kappa shape index (κ1) is 20.3. The zero-order valence-electron chi connectivity index (χ0n) is 15.1. The van der Waals surface area contributed by atoms with Gasteiger partial charge in [-0.05, 0) is 36.2 Å². The van der Waals surface area contributed by atoms with E-state index in [1.807, 2.05) is 36.4 Å². The molecule has 0 unspecified atom stereocenters. The summed E-state index contributed by atoms with van der Waals surface area (Å²) in [6.45, 7) is 3.19. The van der Waals surface area contributed by atoms with E-state index in [1.165, 1.54) is 5.56 Å². The van der Waals surface area contributed by atoms with Crippen molar-refractivity contribution in [1.82, 2.24) is 10.6 Å². The Morgan fingerprint density at radius 3 is 2.46 bits per heavy atom. The van der Waals surface area contributed by atoms with Crippen molar-refractivity contribution in [3.63, 3.8) is 0 Å². The van der Waals surface area contributed by atoms with Gasteiger partial charge in [0.1, 0.15) is 6.61 Å². The van der Waals surface area contributed by atoms with E-state index < -0.39 is 0 Å². The molecule has 2 N–H and O–H groups in total. The first-order valence-electron chi connectivity index (χ1n) is 8.65. The van der Waals surface area contributed by atoms with Crippen LogP contribution in [-0.4, -0.2) is 32.7 Å². The molecule has 5 nitrogen and oxygen atoms in total. The number of hydrogen-bond acceptors (Lipinski definition) is 4. The Labute approximate surface area is 163 Å². The number of carbonyl (C=O) groups is 1. The molecule has 0 aliphatic carbocycles. The van der Waals surface area contributed by atoms with Crippen molar-refractivity contribution in [2.45, 2.75) is 19.4 Å². The second-order valence-corrected chi connectivity index (χ2v) is 6.66. The van der Waals surface area contributed by atoms with Crippen LogP contribution in [0.3, 0.4) is 0 Å². The van der Waals surface area contributed by atoms with Crippen LogP contribution in [0.4, 0.5) is 0 Å². The monoisotopic (exact) mass is 420 g/mol. The van der Waals surface area contributed by atoms with Crippen LogP contribution in [0.25, 0.3) is 0 Å². The summed E-state index contributed by atoms with van der Waals surface area (Å²) in [6, 6.07) is 15.7. The normalized spacial score (nSPS) is 11.7. The molecule has 1 atom stereocenters. The predicted octanol–water partition coefficient (Wildman–Crippen LogP) is 3.69. The summed E-state index contributed by atoms with van der Waals surface area (Å²) in [5.74, 6) is 1.30. The number of hydrogen-bond donors (Lipinski definition) is 2. The van der Waals surface area contributed by atoms with Gasteiger partial charge in [0.2, 0.25) is 5.91 Å². The lowest BCUT2D eigenvalue weighted by Gasteiger charge is -2.17. The topological polar surface area (TPSA) is 59.6 Å². The average Bonchev–Trinajstić information content (AvgIpc) is 2.67. The number of carbonyl (C=O) groups excluding carboxylic acids is 1. The molecule has 0 aliphatic rings. The molecule has 6 heteroatoms. The van der Waals surface area contributed by atoms with Gasteiger partial charge in [-0.3, -0.25) is 4.79 Å². The van der Waals surface area contributed by atoms with Gasteiger partial charge in [0.25, 0.3) is 0 Å². The van der Waals surface area contributed by atoms with E-state index in [4.69, 9.17) is 9.47 Å². The molecule has 0 heterocycles. The third-order valence-corrected chi connectivity index (χ3v) is 4.47. The molecule has 0 saturated heterocycles. The Hall–Kier alpha value is -2.05. The smallest absolute Gasteiger partial charge is 0.234 e. The van der Waals surface area contributed by atoms with Crippen molar-refractivity contribution in [2.24, 2.45) is 0 Å². The van der Waals surface area contributed by atoms with Gasteiger partial charge in [-0.25, -0.2) is 0 Å². The summed E-state index contributed by atoms with van der Waals surface area (Å²) < 4.78 is 11.9. The number of amides is 1. The first-order chi connectivity index (χ1) is 12.6. The summed E-state index contributed by atoms with van der Waals surface area (Å²) in [7, 11) is 1.60. The first-order valence-corrected chi connectivity index (χ1v) is 9.44. The Kier molecular flexibility index (Phi) is 8.44. The van der Waals surface area contributed by atoms with Crippen molar-refractivity contribution in [3.8, 4) is 11.5 Å². The molecule has 0 aliphatic heterocycles. The molecule has 0 aromatic heterocycles. The van der Waals surface area contributed by atoms with Gasteiger partial charge < -0.3 is 20.1 Å². The van der Waals surface area contributed by atoms with Crippen LogP contribution in [0, 0.1) is 0 Å². The molecule has 2 aromatic rings. The molecule has 0 spiro atoms. The standard InChI is InChI=1S/C20H25BrN2O3/c1-3-17(15-8-10-16(21)11-9-15)23-14-20(24)22-12-13-26-19-7-5-4-6-18(19)25-2/h4-11,17,23H,3,12-14H2,1-2H3,(H,22,24)/t17-/m0/s1. The molecule has 0 fully saturated rings. The molecular weight excluding hydrogens is 396 g/mol. The number of rotatable bonds is 10. The zero-order valence-corrected chi connectivity index (χ0v) is 16.7. The number of ether oxygens (including phenoxy) is 2.